The average molecular weight is 481 g/mol. The second kappa shape index (κ2) is 9.40. The molecule has 0 atom stereocenters. The van der Waals surface area contributed by atoms with Gasteiger partial charge in [0.15, 0.2) is 5.16 Å². The number of benzene rings is 1. The maximum atomic E-state index is 13.3. The zero-order valence-electron chi connectivity index (χ0n) is 17.4. The van der Waals surface area contributed by atoms with E-state index in [9.17, 15) is 4.79 Å². The first-order chi connectivity index (χ1) is 15.7. The smallest absolute Gasteiger partial charge is 0.262 e. The Bertz CT molecular complexity index is 1390. The first kappa shape index (κ1) is 21.1. The molecule has 4 heterocycles. The molecule has 0 amide bonds. The highest BCUT2D eigenvalue weighted by molar-refractivity contribution is 7.98. The van der Waals surface area contributed by atoms with Gasteiger partial charge in [-0.1, -0.05) is 55.1 Å². The summed E-state index contributed by atoms with van der Waals surface area (Å²) < 4.78 is 7.59. The highest BCUT2D eigenvalue weighted by Gasteiger charge is 2.16. The van der Waals surface area contributed by atoms with E-state index in [4.69, 9.17) is 9.40 Å². The summed E-state index contributed by atoms with van der Waals surface area (Å²) in [5.41, 5.74) is 1.20. The average Bonchev–Trinajstić information content (AvgIpc) is 3.58. The van der Waals surface area contributed by atoms with Crippen LogP contribution in [0.1, 0.15) is 23.3 Å². The van der Waals surface area contributed by atoms with Crippen LogP contribution in [0.15, 0.2) is 68.3 Å². The Hall–Kier alpha value is -2.75. The van der Waals surface area contributed by atoms with E-state index in [2.05, 4.69) is 29.3 Å². The molecule has 0 radical (unpaired) electrons. The van der Waals surface area contributed by atoms with Gasteiger partial charge in [-0.15, -0.1) is 32.9 Å². The predicted octanol–water partition coefficient (Wildman–Crippen LogP) is 5.67. The fourth-order valence-electron chi connectivity index (χ4n) is 3.35. The number of thiophene rings is 2. The summed E-state index contributed by atoms with van der Waals surface area (Å²) in [5.74, 6) is 1.49. The van der Waals surface area contributed by atoms with E-state index in [1.54, 1.807) is 27.2 Å². The predicted molar refractivity (Wildman–Crippen MR) is 131 cm³/mol. The molecule has 9 heteroatoms. The molecule has 32 heavy (non-hydrogen) atoms. The van der Waals surface area contributed by atoms with Crippen molar-refractivity contribution in [3.05, 3.63) is 80.6 Å². The first-order valence-corrected chi connectivity index (χ1v) is 13.0. The van der Waals surface area contributed by atoms with Crippen LogP contribution < -0.4 is 5.56 Å². The molecule has 0 fully saturated rings. The highest BCUT2D eigenvalue weighted by Crippen LogP contribution is 2.28. The summed E-state index contributed by atoms with van der Waals surface area (Å²) in [6, 6.07) is 16.1. The van der Waals surface area contributed by atoms with Crippen LogP contribution in [-0.4, -0.2) is 19.7 Å². The largest absolute Gasteiger partial charge is 0.419 e. The number of hydrogen-bond acceptors (Lipinski definition) is 8. The summed E-state index contributed by atoms with van der Waals surface area (Å²) in [6.07, 6.45) is 1.65. The Morgan fingerprint density at radius 1 is 1.12 bits per heavy atom. The van der Waals surface area contributed by atoms with E-state index in [0.29, 0.717) is 34.6 Å². The van der Waals surface area contributed by atoms with Crippen molar-refractivity contribution in [2.24, 2.45) is 0 Å². The fraction of sp³-hybridized carbons (Fsp3) is 0.217. The van der Waals surface area contributed by atoms with Crippen LogP contribution >= 0.6 is 34.4 Å². The molecule has 0 unspecified atom stereocenters. The lowest BCUT2D eigenvalue weighted by atomic mass is 10.1. The molecule has 0 bridgehead atoms. The van der Waals surface area contributed by atoms with Gasteiger partial charge in [-0.2, -0.15) is 0 Å². The van der Waals surface area contributed by atoms with E-state index in [1.165, 1.54) is 22.2 Å². The molecular weight excluding hydrogens is 460 g/mol. The first-order valence-electron chi connectivity index (χ1n) is 10.3. The van der Waals surface area contributed by atoms with Crippen LogP contribution in [-0.2, 0) is 25.1 Å². The molecule has 5 rings (SSSR count). The summed E-state index contributed by atoms with van der Waals surface area (Å²) >= 11 is 4.60. The van der Waals surface area contributed by atoms with Gasteiger partial charge >= 0.3 is 0 Å². The molecular formula is C23H20N4O2S3. The molecule has 0 aliphatic carbocycles. The zero-order chi connectivity index (χ0) is 21.9. The summed E-state index contributed by atoms with van der Waals surface area (Å²) in [4.78, 5) is 21.1. The van der Waals surface area contributed by atoms with Gasteiger partial charge in [-0.25, -0.2) is 4.98 Å². The van der Waals surface area contributed by atoms with E-state index in [1.807, 2.05) is 41.8 Å². The van der Waals surface area contributed by atoms with Gasteiger partial charge in [-0.05, 0) is 35.9 Å². The van der Waals surface area contributed by atoms with Gasteiger partial charge in [-0.3, -0.25) is 9.36 Å². The monoisotopic (exact) mass is 480 g/mol. The Kier molecular flexibility index (Phi) is 6.20. The molecule has 0 N–H and O–H groups in total. The van der Waals surface area contributed by atoms with Crippen LogP contribution in [0.2, 0.25) is 0 Å². The molecule has 0 aliphatic rings. The number of nitrogens with zero attached hydrogens (tertiary/aromatic N) is 4. The molecule has 4 aromatic heterocycles. The minimum Gasteiger partial charge on any atom is -0.419 e. The van der Waals surface area contributed by atoms with E-state index >= 15 is 0 Å². The molecule has 0 spiro atoms. The van der Waals surface area contributed by atoms with Gasteiger partial charge < -0.3 is 4.42 Å². The quantitative estimate of drug-likeness (QED) is 0.211. The summed E-state index contributed by atoms with van der Waals surface area (Å²) in [5, 5.41) is 11.7. The van der Waals surface area contributed by atoms with E-state index < -0.39 is 0 Å². The minimum absolute atomic E-state index is 0.00850. The maximum Gasteiger partial charge on any atom is 0.262 e. The Labute approximate surface area is 197 Å². The molecule has 0 saturated carbocycles. The van der Waals surface area contributed by atoms with Crippen molar-refractivity contribution in [1.82, 2.24) is 19.7 Å². The second-order valence-electron chi connectivity index (χ2n) is 7.14. The third-order valence-electron chi connectivity index (χ3n) is 5.01. The third kappa shape index (κ3) is 4.41. The molecule has 0 aliphatic heterocycles. The van der Waals surface area contributed by atoms with Crippen molar-refractivity contribution in [3.8, 4) is 10.8 Å². The lowest BCUT2D eigenvalue weighted by Gasteiger charge is -2.11. The molecule has 0 saturated heterocycles. The molecule has 5 aromatic rings. The van der Waals surface area contributed by atoms with Crippen LogP contribution in [0.5, 0.6) is 0 Å². The number of aryl methyl sites for hydroxylation is 2. The Morgan fingerprint density at radius 2 is 2.00 bits per heavy atom. The normalized spacial score (nSPS) is 11.4. The van der Waals surface area contributed by atoms with Crippen LogP contribution in [0.3, 0.4) is 0 Å². The topological polar surface area (TPSA) is 73.8 Å². The van der Waals surface area contributed by atoms with Crippen molar-refractivity contribution in [1.29, 1.82) is 0 Å². The van der Waals surface area contributed by atoms with Gasteiger partial charge in [0.05, 0.1) is 16.0 Å². The Morgan fingerprint density at radius 3 is 2.78 bits per heavy atom. The Balaban J connectivity index is 1.44. The molecule has 162 valence electrons. The SMILES string of the molecule is CCc1cc2c(=O)n(CCc3ccccc3)c(SCc3nnc(-c4cccs4)o3)nc2s1. The van der Waals surface area contributed by atoms with Crippen LogP contribution in [0.25, 0.3) is 21.0 Å². The van der Waals surface area contributed by atoms with Gasteiger partial charge in [0.1, 0.15) is 4.83 Å². The lowest BCUT2D eigenvalue weighted by molar-refractivity contribution is 0.528. The minimum atomic E-state index is 0.00850. The number of hydrogen-bond donors (Lipinski definition) is 0. The molecule has 6 nitrogen and oxygen atoms in total. The standard InChI is InChI=1S/C23H20N4O2S3/c1-2-16-13-17-21(32-16)24-23(27(22(17)28)11-10-15-7-4-3-5-8-15)31-14-19-25-26-20(29-19)18-9-6-12-30-18/h3-9,12-13H,2,10-11,14H2,1H3. The highest BCUT2D eigenvalue weighted by atomic mass is 32.2. The molecule has 1 aromatic carbocycles. The second-order valence-corrected chi connectivity index (χ2v) is 10.1. The lowest BCUT2D eigenvalue weighted by Crippen LogP contribution is -2.23. The summed E-state index contributed by atoms with van der Waals surface area (Å²) in [6.45, 7) is 2.66. The number of rotatable bonds is 8. The van der Waals surface area contributed by atoms with Crippen LogP contribution in [0.4, 0.5) is 0 Å². The van der Waals surface area contributed by atoms with Crippen molar-refractivity contribution >= 4 is 44.7 Å². The van der Waals surface area contributed by atoms with E-state index in [0.717, 1.165) is 22.5 Å². The number of fused-ring (bicyclic) bond motifs is 1. The third-order valence-corrected chi connectivity index (χ3v) is 8.00. The van der Waals surface area contributed by atoms with Gasteiger partial charge in [0, 0.05) is 11.4 Å². The number of thioether (sulfide) groups is 1. The van der Waals surface area contributed by atoms with Crippen molar-refractivity contribution in [2.75, 3.05) is 0 Å². The van der Waals surface area contributed by atoms with Gasteiger partial charge in [0.25, 0.3) is 11.4 Å². The maximum absolute atomic E-state index is 13.3. The summed E-state index contributed by atoms with van der Waals surface area (Å²) in [7, 11) is 0. The number of aromatic nitrogens is 4. The van der Waals surface area contributed by atoms with Gasteiger partial charge in [0.2, 0.25) is 5.89 Å². The van der Waals surface area contributed by atoms with Crippen LogP contribution in [0, 0.1) is 0 Å². The van der Waals surface area contributed by atoms with Crippen molar-refractivity contribution in [2.45, 2.75) is 37.2 Å². The van der Waals surface area contributed by atoms with Crippen molar-refractivity contribution < 1.29 is 4.42 Å². The fourth-order valence-corrected chi connectivity index (χ4v) is 5.87. The van der Waals surface area contributed by atoms with Crippen molar-refractivity contribution in [3.63, 3.8) is 0 Å². The zero-order valence-corrected chi connectivity index (χ0v) is 19.8. The van der Waals surface area contributed by atoms with E-state index in [-0.39, 0.29) is 5.56 Å².